The highest BCUT2D eigenvalue weighted by atomic mass is 31.2. The molecule has 4 rings (SSSR count). The van der Waals surface area contributed by atoms with Crippen LogP contribution in [0.2, 0.25) is 0 Å². The van der Waals surface area contributed by atoms with Gasteiger partial charge in [-0.1, -0.05) is 54.6 Å². The van der Waals surface area contributed by atoms with Crippen LogP contribution in [0.3, 0.4) is 0 Å². The van der Waals surface area contributed by atoms with E-state index in [1.165, 1.54) is 28.1 Å². The minimum Gasteiger partial charge on any atom is -0.496 e. The molecule has 0 saturated heterocycles. The number of carbonyl (C=O) groups excluding carboxylic acids is 2. The van der Waals surface area contributed by atoms with E-state index in [-0.39, 0.29) is 30.9 Å². The molecule has 0 atom stereocenters. The molecule has 0 aliphatic carbocycles. The third-order valence-corrected chi connectivity index (χ3v) is 8.16. The Labute approximate surface area is 228 Å². The fourth-order valence-electron chi connectivity index (χ4n) is 4.35. The van der Waals surface area contributed by atoms with Gasteiger partial charge in [0.15, 0.2) is 11.6 Å². The zero-order valence-corrected chi connectivity index (χ0v) is 23.3. The van der Waals surface area contributed by atoms with Crippen LogP contribution in [0.4, 0.5) is 0 Å². The number of Topliss-reactive ketones (excluding diaryl/α,β-unsaturated/α-hetero) is 2. The Morgan fingerprint density at radius 3 is 1.72 bits per heavy atom. The number of hydrogen-bond acceptors (Lipinski definition) is 7. The van der Waals surface area contributed by atoms with Crippen LogP contribution in [0.15, 0.2) is 78.9 Å². The monoisotopic (exact) mass is 546 g/mol. The lowest BCUT2D eigenvalue weighted by atomic mass is 10.1. The summed E-state index contributed by atoms with van der Waals surface area (Å²) in [4.78, 5) is 24.2. The number of methoxy groups -OCH3 is 2. The van der Waals surface area contributed by atoms with E-state index < -0.39 is 7.60 Å². The molecule has 0 saturated carbocycles. The summed E-state index contributed by atoms with van der Waals surface area (Å²) in [6.07, 6.45) is 0.0415. The first-order valence-electron chi connectivity index (χ1n) is 12.4. The highest BCUT2D eigenvalue weighted by Crippen LogP contribution is 2.53. The zero-order chi connectivity index (χ0) is 28.0. The average Bonchev–Trinajstić information content (AvgIpc) is 2.95. The van der Waals surface area contributed by atoms with Crippen LogP contribution < -0.4 is 9.47 Å². The van der Waals surface area contributed by atoms with Crippen LogP contribution >= 0.6 is 7.60 Å². The van der Waals surface area contributed by atoms with Crippen molar-refractivity contribution in [3.63, 3.8) is 0 Å². The summed E-state index contributed by atoms with van der Waals surface area (Å²) < 4.78 is 36.8. The average molecular weight is 547 g/mol. The summed E-state index contributed by atoms with van der Waals surface area (Å²) >= 11 is 0. The summed E-state index contributed by atoms with van der Waals surface area (Å²) in [5.74, 6) is 0.624. The summed E-state index contributed by atoms with van der Waals surface area (Å²) in [5.41, 5.74) is 2.98. The molecule has 8 heteroatoms. The number of fused-ring (bicyclic) bond motifs is 1. The predicted molar refractivity (Wildman–Crippen MR) is 151 cm³/mol. The molecule has 0 radical (unpaired) electrons. The first-order chi connectivity index (χ1) is 18.7. The van der Waals surface area contributed by atoms with Crippen molar-refractivity contribution in [1.82, 2.24) is 0 Å². The Balaban J connectivity index is 1.63. The summed E-state index contributed by atoms with van der Waals surface area (Å²) in [7, 11) is -0.722. The number of carbonyl (C=O) groups is 2. The van der Waals surface area contributed by atoms with E-state index in [4.69, 9.17) is 18.5 Å². The smallest absolute Gasteiger partial charge is 0.335 e. The number of hydrogen-bond donors (Lipinski definition) is 0. The second-order valence-corrected chi connectivity index (χ2v) is 11.2. The molecule has 0 spiro atoms. The Bertz CT molecular complexity index is 1480. The van der Waals surface area contributed by atoms with E-state index >= 15 is 0 Å². The summed E-state index contributed by atoms with van der Waals surface area (Å²) in [6.45, 7) is 2.85. The van der Waals surface area contributed by atoms with E-state index in [1.807, 2.05) is 42.5 Å². The standard InChI is InChI=1S/C31H31O7P/c1-21(32)28-16-23(12-14-30(28)35-3)18-37-39(34,20-26-10-7-9-25-8-5-6-11-27(25)26)38-19-24-13-15-31(36-4)29(17-24)22(2)33/h5-17H,18-20H2,1-4H3. The zero-order valence-electron chi connectivity index (χ0n) is 22.4. The van der Waals surface area contributed by atoms with Crippen molar-refractivity contribution < 1.29 is 32.7 Å². The van der Waals surface area contributed by atoms with Crippen LogP contribution in [0.1, 0.15) is 51.3 Å². The Kier molecular flexibility index (Phi) is 8.97. The third kappa shape index (κ3) is 6.82. The molecule has 202 valence electrons. The van der Waals surface area contributed by atoms with Gasteiger partial charge in [-0.3, -0.25) is 14.2 Å². The van der Waals surface area contributed by atoms with Crippen LogP contribution in [-0.2, 0) is 33.0 Å². The highest BCUT2D eigenvalue weighted by molar-refractivity contribution is 7.53. The highest BCUT2D eigenvalue weighted by Gasteiger charge is 2.27. The molecule has 7 nitrogen and oxygen atoms in total. The van der Waals surface area contributed by atoms with E-state index in [0.29, 0.717) is 33.8 Å². The molecular formula is C31H31O7P. The number of benzene rings is 4. The molecule has 0 unspecified atom stereocenters. The van der Waals surface area contributed by atoms with Crippen molar-refractivity contribution in [2.45, 2.75) is 33.2 Å². The second kappa shape index (κ2) is 12.4. The van der Waals surface area contributed by atoms with Gasteiger partial charge in [-0.15, -0.1) is 0 Å². The predicted octanol–water partition coefficient (Wildman–Crippen LogP) is 7.39. The van der Waals surface area contributed by atoms with Crippen LogP contribution in [0.5, 0.6) is 11.5 Å². The van der Waals surface area contributed by atoms with Gasteiger partial charge in [0.05, 0.1) is 44.7 Å². The molecule has 0 aliphatic heterocycles. The van der Waals surface area contributed by atoms with E-state index in [1.54, 1.807) is 36.4 Å². The molecule has 0 N–H and O–H groups in total. The minimum absolute atomic E-state index is 0.0341. The fraction of sp³-hybridized carbons (Fsp3) is 0.226. The van der Waals surface area contributed by atoms with Gasteiger partial charge in [-0.05, 0) is 65.6 Å². The second-order valence-electron chi connectivity index (χ2n) is 9.14. The molecule has 0 fully saturated rings. The first-order valence-corrected chi connectivity index (χ1v) is 14.2. The first kappa shape index (κ1) is 28.2. The van der Waals surface area contributed by atoms with Gasteiger partial charge < -0.3 is 18.5 Å². The molecule has 0 aliphatic rings. The van der Waals surface area contributed by atoms with E-state index in [0.717, 1.165) is 16.3 Å². The fourth-order valence-corrected chi connectivity index (χ4v) is 6.00. The van der Waals surface area contributed by atoms with Crippen molar-refractivity contribution in [3.8, 4) is 11.5 Å². The SMILES string of the molecule is COc1ccc(COP(=O)(Cc2cccc3ccccc23)OCc2ccc(OC)c(C(C)=O)c2)cc1C(C)=O. The lowest BCUT2D eigenvalue weighted by Crippen LogP contribution is -2.04. The van der Waals surface area contributed by atoms with Gasteiger partial charge in [0.1, 0.15) is 11.5 Å². The third-order valence-electron chi connectivity index (χ3n) is 6.39. The van der Waals surface area contributed by atoms with Crippen LogP contribution in [-0.4, -0.2) is 25.8 Å². The molecule has 4 aromatic rings. The minimum atomic E-state index is -3.72. The van der Waals surface area contributed by atoms with Gasteiger partial charge in [0.2, 0.25) is 0 Å². The van der Waals surface area contributed by atoms with Crippen LogP contribution in [0.25, 0.3) is 10.8 Å². The van der Waals surface area contributed by atoms with Crippen molar-refractivity contribution in [2.24, 2.45) is 0 Å². The largest absolute Gasteiger partial charge is 0.496 e. The van der Waals surface area contributed by atoms with Gasteiger partial charge in [0.25, 0.3) is 0 Å². The number of ether oxygens (including phenoxy) is 2. The Morgan fingerprint density at radius 1 is 0.692 bits per heavy atom. The summed E-state index contributed by atoms with van der Waals surface area (Å²) in [5, 5.41) is 1.98. The topological polar surface area (TPSA) is 88.1 Å². The molecule has 39 heavy (non-hydrogen) atoms. The van der Waals surface area contributed by atoms with E-state index in [9.17, 15) is 14.2 Å². The van der Waals surface area contributed by atoms with Crippen molar-refractivity contribution >= 4 is 29.9 Å². The Morgan fingerprint density at radius 2 is 1.21 bits per heavy atom. The van der Waals surface area contributed by atoms with Gasteiger partial charge in [-0.25, -0.2) is 0 Å². The molecular weight excluding hydrogens is 515 g/mol. The maximum Gasteiger partial charge on any atom is 0.335 e. The number of rotatable bonds is 12. The van der Waals surface area contributed by atoms with Crippen molar-refractivity contribution in [1.29, 1.82) is 0 Å². The lowest BCUT2D eigenvalue weighted by Gasteiger charge is -2.20. The Hall–Kier alpha value is -3.77. The summed E-state index contributed by atoms with van der Waals surface area (Å²) in [6, 6.07) is 23.9. The van der Waals surface area contributed by atoms with E-state index in [2.05, 4.69) is 0 Å². The lowest BCUT2D eigenvalue weighted by molar-refractivity contribution is 0.100. The molecule has 0 aromatic heterocycles. The van der Waals surface area contributed by atoms with Crippen molar-refractivity contribution in [2.75, 3.05) is 14.2 Å². The normalized spacial score (nSPS) is 11.4. The maximum absolute atomic E-state index is 14.2. The molecule has 0 amide bonds. The number of ketones is 2. The van der Waals surface area contributed by atoms with Gasteiger partial charge in [0, 0.05) is 0 Å². The molecule has 0 heterocycles. The van der Waals surface area contributed by atoms with Crippen LogP contribution in [0, 0.1) is 0 Å². The van der Waals surface area contributed by atoms with Crippen molar-refractivity contribution in [3.05, 3.63) is 107 Å². The maximum atomic E-state index is 14.2. The molecule has 4 aromatic carbocycles. The molecule has 0 bridgehead atoms. The quantitative estimate of drug-likeness (QED) is 0.135. The van der Waals surface area contributed by atoms with Gasteiger partial charge >= 0.3 is 7.60 Å². The van der Waals surface area contributed by atoms with Gasteiger partial charge in [-0.2, -0.15) is 0 Å².